The van der Waals surface area contributed by atoms with Gasteiger partial charge in [-0.2, -0.15) is 5.10 Å². The van der Waals surface area contributed by atoms with E-state index in [0.29, 0.717) is 5.92 Å². The third-order valence-corrected chi connectivity index (χ3v) is 5.62. The molecule has 24 heavy (non-hydrogen) atoms. The third kappa shape index (κ3) is 3.22. The van der Waals surface area contributed by atoms with Gasteiger partial charge in [0.15, 0.2) is 0 Å². The van der Waals surface area contributed by atoms with Gasteiger partial charge < -0.3 is 10.0 Å². The Bertz CT molecular complexity index is 587. The second-order valence-electron chi connectivity index (χ2n) is 7.71. The highest BCUT2D eigenvalue weighted by Gasteiger charge is 2.51. The second kappa shape index (κ2) is 6.84. The van der Waals surface area contributed by atoms with Crippen LogP contribution in [0.15, 0.2) is 12.4 Å². The molecule has 6 heteroatoms. The predicted molar refractivity (Wildman–Crippen MR) is 92.3 cm³/mol. The van der Waals surface area contributed by atoms with Crippen LogP contribution in [-0.4, -0.2) is 61.9 Å². The van der Waals surface area contributed by atoms with Crippen LogP contribution < -0.4 is 0 Å². The van der Waals surface area contributed by atoms with E-state index in [1.807, 2.05) is 22.7 Å². The monoisotopic (exact) mass is 334 g/mol. The number of amides is 1. The van der Waals surface area contributed by atoms with E-state index in [4.69, 9.17) is 0 Å². The topological polar surface area (TPSA) is 61.6 Å². The van der Waals surface area contributed by atoms with E-state index in [-0.39, 0.29) is 18.6 Å². The molecule has 3 heterocycles. The summed E-state index contributed by atoms with van der Waals surface area (Å²) in [6.07, 6.45) is 7.08. The van der Waals surface area contributed by atoms with Gasteiger partial charge in [0, 0.05) is 50.9 Å². The molecule has 0 unspecified atom stereocenters. The normalized spacial score (nSPS) is 30.6. The fraction of sp³-hybridized carbons (Fsp3) is 0.778. The number of hydrogen-bond acceptors (Lipinski definition) is 4. The van der Waals surface area contributed by atoms with Gasteiger partial charge >= 0.3 is 0 Å². The first-order chi connectivity index (χ1) is 11.5. The summed E-state index contributed by atoms with van der Waals surface area (Å²) >= 11 is 0. The number of hydrogen-bond donors (Lipinski definition) is 1. The van der Waals surface area contributed by atoms with E-state index in [9.17, 15) is 9.90 Å². The molecule has 2 fully saturated rings. The van der Waals surface area contributed by atoms with Gasteiger partial charge in [-0.3, -0.25) is 14.4 Å². The van der Waals surface area contributed by atoms with Crippen molar-refractivity contribution < 1.29 is 9.90 Å². The first-order valence-corrected chi connectivity index (χ1v) is 9.11. The molecule has 0 spiro atoms. The quantitative estimate of drug-likeness (QED) is 0.886. The molecule has 134 valence electrons. The molecule has 0 aromatic carbocycles. The van der Waals surface area contributed by atoms with Gasteiger partial charge in [0.25, 0.3) is 0 Å². The lowest BCUT2D eigenvalue weighted by molar-refractivity contribution is -0.137. The molecule has 2 aliphatic heterocycles. The fourth-order valence-electron chi connectivity index (χ4n) is 4.69. The van der Waals surface area contributed by atoms with Gasteiger partial charge in [-0.1, -0.05) is 6.92 Å². The van der Waals surface area contributed by atoms with Crippen LogP contribution in [0.3, 0.4) is 0 Å². The highest BCUT2D eigenvalue weighted by atomic mass is 16.3. The van der Waals surface area contributed by atoms with E-state index >= 15 is 0 Å². The average Bonchev–Trinajstić information content (AvgIpc) is 3.09. The van der Waals surface area contributed by atoms with Crippen molar-refractivity contribution in [2.24, 2.45) is 5.92 Å². The minimum Gasteiger partial charge on any atom is -0.394 e. The van der Waals surface area contributed by atoms with Gasteiger partial charge in [-0.25, -0.2) is 0 Å². The van der Waals surface area contributed by atoms with Crippen LogP contribution >= 0.6 is 0 Å². The number of aliphatic hydroxyl groups is 1. The molecule has 3 atom stereocenters. The van der Waals surface area contributed by atoms with Crippen LogP contribution in [-0.2, 0) is 17.9 Å². The molecule has 0 saturated carbocycles. The first kappa shape index (κ1) is 17.4. The maximum atomic E-state index is 12.1. The molecule has 1 amide bonds. The van der Waals surface area contributed by atoms with Gasteiger partial charge in [-0.05, 0) is 32.1 Å². The van der Waals surface area contributed by atoms with Crippen molar-refractivity contribution in [3.8, 4) is 0 Å². The highest BCUT2D eigenvalue weighted by molar-refractivity contribution is 5.75. The van der Waals surface area contributed by atoms with Gasteiger partial charge in [0.05, 0.1) is 18.3 Å². The number of rotatable bonds is 5. The molecule has 0 radical (unpaired) electrons. The smallest absolute Gasteiger partial charge is 0.220 e. The van der Waals surface area contributed by atoms with E-state index in [1.165, 1.54) is 5.56 Å². The number of piperidine rings is 1. The lowest BCUT2D eigenvalue weighted by atomic mass is 9.89. The van der Waals surface area contributed by atoms with Crippen molar-refractivity contribution in [1.29, 1.82) is 0 Å². The average molecular weight is 334 g/mol. The SMILES string of the molecule is CCCn1cc(CN2CC[C@H]3[C@H](C2)C[C@](C)(CO)N3C(C)=O)cn1. The molecule has 2 aliphatic rings. The summed E-state index contributed by atoms with van der Waals surface area (Å²) < 4.78 is 2.01. The van der Waals surface area contributed by atoms with Crippen LogP contribution in [0, 0.1) is 5.92 Å². The largest absolute Gasteiger partial charge is 0.394 e. The Balaban J connectivity index is 1.65. The fourth-order valence-corrected chi connectivity index (χ4v) is 4.69. The zero-order chi connectivity index (χ0) is 17.3. The summed E-state index contributed by atoms with van der Waals surface area (Å²) in [6, 6.07) is 0.277. The predicted octanol–water partition coefficient (Wildman–Crippen LogP) is 1.49. The van der Waals surface area contributed by atoms with Crippen LogP contribution in [0.4, 0.5) is 0 Å². The Morgan fingerprint density at radius 2 is 2.29 bits per heavy atom. The lowest BCUT2D eigenvalue weighted by Crippen LogP contribution is -2.52. The van der Waals surface area contributed by atoms with Crippen LogP contribution in [0.2, 0.25) is 0 Å². The molecule has 1 N–H and O–H groups in total. The summed E-state index contributed by atoms with van der Waals surface area (Å²) in [5.41, 5.74) is 0.858. The number of nitrogens with zero attached hydrogens (tertiary/aromatic N) is 4. The summed E-state index contributed by atoms with van der Waals surface area (Å²) in [5, 5.41) is 14.2. The number of aromatic nitrogens is 2. The van der Waals surface area contributed by atoms with Crippen molar-refractivity contribution in [3.63, 3.8) is 0 Å². The van der Waals surface area contributed by atoms with Gasteiger partial charge in [-0.15, -0.1) is 0 Å². The molecule has 2 saturated heterocycles. The van der Waals surface area contributed by atoms with Crippen LogP contribution in [0.25, 0.3) is 0 Å². The maximum absolute atomic E-state index is 12.1. The zero-order valence-electron chi connectivity index (χ0n) is 15.1. The molecule has 6 nitrogen and oxygen atoms in total. The van der Waals surface area contributed by atoms with Crippen molar-refractivity contribution in [2.75, 3.05) is 19.7 Å². The molecule has 0 bridgehead atoms. The highest BCUT2D eigenvalue weighted by Crippen LogP contribution is 2.42. The van der Waals surface area contributed by atoms with Crippen LogP contribution in [0.5, 0.6) is 0 Å². The molecule has 1 aromatic rings. The summed E-state index contributed by atoms with van der Waals surface area (Å²) in [7, 11) is 0. The Kier molecular flexibility index (Phi) is 4.97. The number of carbonyl (C=O) groups excluding carboxylic acids is 1. The van der Waals surface area contributed by atoms with Crippen molar-refractivity contribution in [1.82, 2.24) is 19.6 Å². The number of aliphatic hydroxyl groups excluding tert-OH is 1. The number of aryl methyl sites for hydroxylation is 1. The Morgan fingerprint density at radius 1 is 1.50 bits per heavy atom. The molecular weight excluding hydrogens is 304 g/mol. The number of likely N-dealkylation sites (tertiary alicyclic amines) is 2. The van der Waals surface area contributed by atoms with Crippen LogP contribution in [0.1, 0.15) is 45.6 Å². The van der Waals surface area contributed by atoms with Gasteiger partial charge in [0.2, 0.25) is 5.91 Å². The lowest BCUT2D eigenvalue weighted by Gasteiger charge is -2.40. The third-order valence-electron chi connectivity index (χ3n) is 5.62. The van der Waals surface area contributed by atoms with Crippen molar-refractivity contribution in [2.45, 2.75) is 64.7 Å². The van der Waals surface area contributed by atoms with E-state index in [0.717, 1.165) is 45.4 Å². The summed E-state index contributed by atoms with van der Waals surface area (Å²) in [6.45, 7) is 9.72. The maximum Gasteiger partial charge on any atom is 0.220 e. The molecular formula is C18H30N4O2. The Labute approximate surface area is 144 Å². The molecule has 3 rings (SSSR count). The van der Waals surface area contributed by atoms with Crippen molar-refractivity contribution in [3.05, 3.63) is 18.0 Å². The second-order valence-corrected chi connectivity index (χ2v) is 7.71. The van der Waals surface area contributed by atoms with Crippen molar-refractivity contribution >= 4 is 5.91 Å². The first-order valence-electron chi connectivity index (χ1n) is 9.11. The van der Waals surface area contributed by atoms with E-state index < -0.39 is 5.54 Å². The molecule has 1 aromatic heterocycles. The Hall–Kier alpha value is -1.40. The van der Waals surface area contributed by atoms with E-state index in [2.05, 4.69) is 23.1 Å². The molecule has 0 aliphatic carbocycles. The minimum atomic E-state index is -0.400. The summed E-state index contributed by atoms with van der Waals surface area (Å²) in [5.74, 6) is 0.541. The van der Waals surface area contributed by atoms with Gasteiger partial charge in [0.1, 0.15) is 0 Å². The van der Waals surface area contributed by atoms with E-state index in [1.54, 1.807) is 6.92 Å². The number of fused-ring (bicyclic) bond motifs is 1. The standard InChI is InChI=1S/C18H30N4O2/c1-4-6-21-11-15(9-19-21)10-20-7-5-17-16(12-20)8-18(3,13-23)22(17)14(2)24/h9,11,16-17,23H,4-8,10,12-13H2,1-3H3/t16-,17-,18+/m0/s1. The minimum absolute atomic E-state index is 0.0450. The number of carbonyl (C=O) groups is 1. The summed E-state index contributed by atoms with van der Waals surface area (Å²) in [4.78, 5) is 16.5. The zero-order valence-corrected chi connectivity index (χ0v) is 15.1. The Morgan fingerprint density at radius 3 is 2.96 bits per heavy atom.